The van der Waals surface area contributed by atoms with Gasteiger partial charge in [0.05, 0.1) is 17.9 Å². The maximum atomic E-state index is 12.9. The molecule has 7 nitrogen and oxygen atoms in total. The molecular formula is C22H20N4O3. The van der Waals surface area contributed by atoms with Crippen molar-refractivity contribution >= 4 is 17.4 Å². The van der Waals surface area contributed by atoms with Crippen molar-refractivity contribution in [2.45, 2.75) is 19.4 Å². The van der Waals surface area contributed by atoms with E-state index in [0.717, 1.165) is 16.8 Å². The van der Waals surface area contributed by atoms with Crippen molar-refractivity contribution in [1.29, 1.82) is 0 Å². The number of likely N-dealkylation sites (tertiary alicyclic amines) is 1. The van der Waals surface area contributed by atoms with Gasteiger partial charge in [-0.15, -0.1) is 0 Å². The highest BCUT2D eigenvalue weighted by atomic mass is 16.3. The number of aryl methyl sites for hydroxylation is 1. The number of Topliss-reactive ketones (excluding diaryl/α,β-unsaturated/α-hetero) is 1. The summed E-state index contributed by atoms with van der Waals surface area (Å²) in [5.74, 6) is -1.50. The lowest BCUT2D eigenvalue weighted by molar-refractivity contribution is -0.139. The molecule has 1 aliphatic rings. The molecule has 3 aromatic rings. The number of rotatable bonds is 5. The first kappa shape index (κ1) is 18.6. The molecule has 4 rings (SSSR count). The first-order valence-electron chi connectivity index (χ1n) is 9.29. The third-order valence-corrected chi connectivity index (χ3v) is 5.06. The van der Waals surface area contributed by atoms with Crippen LogP contribution in [0.15, 0.2) is 66.9 Å². The van der Waals surface area contributed by atoms with Gasteiger partial charge in [-0.05, 0) is 24.6 Å². The van der Waals surface area contributed by atoms with Crippen molar-refractivity contribution in [2.75, 3.05) is 6.54 Å². The van der Waals surface area contributed by atoms with E-state index in [-0.39, 0.29) is 11.3 Å². The molecule has 0 bridgehead atoms. The Morgan fingerprint density at radius 3 is 2.48 bits per heavy atom. The maximum absolute atomic E-state index is 12.9. The highest BCUT2D eigenvalue weighted by Crippen LogP contribution is 2.39. The second-order valence-corrected chi connectivity index (χ2v) is 6.97. The summed E-state index contributed by atoms with van der Waals surface area (Å²) in [7, 11) is 0. The van der Waals surface area contributed by atoms with E-state index in [1.165, 1.54) is 17.3 Å². The molecule has 0 spiro atoms. The molecule has 0 radical (unpaired) electrons. The van der Waals surface area contributed by atoms with Gasteiger partial charge in [-0.3, -0.25) is 14.6 Å². The maximum Gasteiger partial charge on any atom is 0.295 e. The van der Waals surface area contributed by atoms with Crippen molar-refractivity contribution in [3.8, 4) is 0 Å². The van der Waals surface area contributed by atoms with E-state index >= 15 is 0 Å². The molecule has 0 aliphatic carbocycles. The van der Waals surface area contributed by atoms with Crippen LogP contribution in [-0.2, 0) is 16.0 Å². The summed E-state index contributed by atoms with van der Waals surface area (Å²) in [6, 6.07) is 10.2. The first-order chi connectivity index (χ1) is 14.1. The minimum Gasteiger partial charge on any atom is -0.507 e. The summed E-state index contributed by atoms with van der Waals surface area (Å²) < 4.78 is 0. The quantitative estimate of drug-likeness (QED) is 0.398. The van der Waals surface area contributed by atoms with E-state index in [1.807, 2.05) is 31.2 Å². The van der Waals surface area contributed by atoms with Gasteiger partial charge < -0.3 is 15.0 Å². The van der Waals surface area contributed by atoms with Gasteiger partial charge in [-0.1, -0.05) is 29.8 Å². The van der Waals surface area contributed by atoms with Gasteiger partial charge in [0.15, 0.2) is 0 Å². The largest absolute Gasteiger partial charge is 0.507 e. The number of ketones is 1. The highest BCUT2D eigenvalue weighted by Gasteiger charge is 2.45. The number of aromatic nitrogens is 3. The second-order valence-electron chi connectivity index (χ2n) is 6.97. The average molecular weight is 388 g/mol. The Labute approximate surface area is 167 Å². The minimum absolute atomic E-state index is 0.0923. The third-order valence-electron chi connectivity index (χ3n) is 5.06. The third kappa shape index (κ3) is 3.54. The number of nitrogens with zero attached hydrogens (tertiary/aromatic N) is 3. The van der Waals surface area contributed by atoms with Crippen molar-refractivity contribution < 1.29 is 14.7 Å². The van der Waals surface area contributed by atoms with Crippen LogP contribution in [0.3, 0.4) is 0 Å². The Morgan fingerprint density at radius 1 is 1.10 bits per heavy atom. The number of carbonyl (C=O) groups excluding carboxylic acids is 2. The van der Waals surface area contributed by atoms with Gasteiger partial charge in [0.1, 0.15) is 5.76 Å². The van der Waals surface area contributed by atoms with Gasteiger partial charge in [0.2, 0.25) is 0 Å². The summed E-state index contributed by atoms with van der Waals surface area (Å²) in [5.41, 5.74) is 3.24. The zero-order valence-corrected chi connectivity index (χ0v) is 15.9. The molecule has 146 valence electrons. The molecule has 1 unspecified atom stereocenters. The highest BCUT2D eigenvalue weighted by molar-refractivity contribution is 6.46. The Bertz CT molecular complexity index is 1060. The van der Waals surface area contributed by atoms with Gasteiger partial charge in [-0.2, -0.15) is 0 Å². The van der Waals surface area contributed by atoms with Crippen molar-refractivity contribution in [1.82, 2.24) is 19.9 Å². The van der Waals surface area contributed by atoms with Crippen LogP contribution in [0.5, 0.6) is 0 Å². The van der Waals surface area contributed by atoms with E-state index in [0.29, 0.717) is 18.5 Å². The summed E-state index contributed by atoms with van der Waals surface area (Å²) in [5, 5.41) is 10.9. The summed E-state index contributed by atoms with van der Waals surface area (Å²) in [6.07, 6.45) is 6.85. The van der Waals surface area contributed by atoms with Crippen LogP contribution in [-0.4, -0.2) is 43.2 Å². The fourth-order valence-corrected chi connectivity index (χ4v) is 3.53. The molecule has 2 N–H and O–H groups in total. The molecule has 1 aromatic carbocycles. The average Bonchev–Trinajstić information content (AvgIpc) is 3.35. The molecular weight excluding hydrogens is 368 g/mol. The molecule has 29 heavy (non-hydrogen) atoms. The van der Waals surface area contributed by atoms with Crippen LogP contribution in [0.4, 0.5) is 0 Å². The van der Waals surface area contributed by atoms with Gasteiger partial charge in [-0.25, -0.2) is 4.98 Å². The number of nitrogens with one attached hydrogen (secondary N) is 1. The number of aromatic amines is 1. The molecule has 1 atom stereocenters. The number of hydrogen-bond acceptors (Lipinski definition) is 5. The van der Waals surface area contributed by atoms with E-state index < -0.39 is 17.7 Å². The predicted molar refractivity (Wildman–Crippen MR) is 107 cm³/mol. The van der Waals surface area contributed by atoms with E-state index in [2.05, 4.69) is 15.0 Å². The van der Waals surface area contributed by atoms with Crippen molar-refractivity contribution in [3.63, 3.8) is 0 Å². The number of imidazole rings is 1. The lowest BCUT2D eigenvalue weighted by Crippen LogP contribution is -2.31. The zero-order chi connectivity index (χ0) is 20.4. The van der Waals surface area contributed by atoms with Crippen molar-refractivity contribution in [3.05, 3.63) is 89.3 Å². The van der Waals surface area contributed by atoms with Crippen LogP contribution in [0, 0.1) is 6.92 Å². The fourth-order valence-electron chi connectivity index (χ4n) is 3.53. The Morgan fingerprint density at radius 2 is 1.83 bits per heavy atom. The van der Waals surface area contributed by atoms with Crippen LogP contribution >= 0.6 is 0 Å². The number of benzene rings is 1. The molecule has 2 aromatic heterocycles. The number of H-pyrrole nitrogens is 1. The molecule has 1 fully saturated rings. The van der Waals surface area contributed by atoms with Crippen molar-refractivity contribution in [2.24, 2.45) is 0 Å². The summed E-state index contributed by atoms with van der Waals surface area (Å²) in [4.78, 5) is 38.2. The van der Waals surface area contributed by atoms with E-state index in [1.54, 1.807) is 24.7 Å². The van der Waals surface area contributed by atoms with Crippen LogP contribution in [0.25, 0.3) is 5.76 Å². The lowest BCUT2D eigenvalue weighted by atomic mass is 9.95. The van der Waals surface area contributed by atoms with Crippen LogP contribution < -0.4 is 0 Å². The molecule has 1 aliphatic heterocycles. The zero-order valence-electron chi connectivity index (χ0n) is 15.9. The molecule has 1 amide bonds. The normalized spacial score (nSPS) is 18.4. The Balaban J connectivity index is 1.79. The monoisotopic (exact) mass is 388 g/mol. The van der Waals surface area contributed by atoms with E-state index in [9.17, 15) is 14.7 Å². The van der Waals surface area contributed by atoms with E-state index in [4.69, 9.17) is 0 Å². The SMILES string of the molecule is Cc1ccc(C2/C(=C(\O)c3ccncc3)C(=O)C(=O)N2CCc2cnc[nH]2)cc1. The molecule has 1 saturated heterocycles. The molecule has 7 heteroatoms. The number of aliphatic hydroxyl groups is 1. The summed E-state index contributed by atoms with van der Waals surface area (Å²) >= 11 is 0. The molecule has 0 saturated carbocycles. The number of aliphatic hydroxyl groups excluding tert-OH is 1. The number of carbonyl (C=O) groups is 2. The van der Waals surface area contributed by atoms with Crippen LogP contribution in [0.2, 0.25) is 0 Å². The minimum atomic E-state index is -0.686. The first-order valence-corrected chi connectivity index (χ1v) is 9.29. The Hall–Kier alpha value is -3.74. The lowest BCUT2D eigenvalue weighted by Gasteiger charge is -2.25. The number of hydrogen-bond donors (Lipinski definition) is 2. The number of pyridine rings is 1. The summed E-state index contributed by atoms with van der Waals surface area (Å²) in [6.45, 7) is 2.29. The fraction of sp³-hybridized carbons (Fsp3) is 0.182. The van der Waals surface area contributed by atoms with Gasteiger partial charge >= 0.3 is 0 Å². The van der Waals surface area contributed by atoms with Gasteiger partial charge in [0.25, 0.3) is 11.7 Å². The van der Waals surface area contributed by atoms with Gasteiger partial charge in [0, 0.05) is 42.8 Å². The smallest absolute Gasteiger partial charge is 0.295 e. The number of amides is 1. The van der Waals surface area contributed by atoms with Crippen LogP contribution in [0.1, 0.15) is 28.4 Å². The Kier molecular flexibility index (Phi) is 4.95. The topological polar surface area (TPSA) is 99.2 Å². The standard InChI is InChI=1S/C22H20N4O3/c1-14-2-4-15(5-3-14)19-18(20(27)16-6-9-23-10-7-16)21(28)22(29)26(19)11-8-17-12-24-13-25-17/h2-7,9-10,12-13,19,27H,8,11H2,1H3,(H,24,25)/b20-18+. The predicted octanol–water partition coefficient (Wildman–Crippen LogP) is 2.78. The second kappa shape index (κ2) is 7.71. The molecule has 3 heterocycles.